The van der Waals surface area contributed by atoms with Crippen LogP contribution in [0, 0.1) is 10.1 Å². The lowest BCUT2D eigenvalue weighted by molar-refractivity contribution is -0.404. The monoisotopic (exact) mass is 296 g/mol. The van der Waals surface area contributed by atoms with Crippen LogP contribution in [-0.2, 0) is 12.3 Å². The number of nitrogens with zero attached hydrogens (tertiary/aromatic N) is 1. The van der Waals surface area contributed by atoms with Gasteiger partial charge in [0.15, 0.2) is 5.82 Å². The topological polar surface area (TPSA) is 93.2 Å². The first kappa shape index (κ1) is 16.3. The first-order valence-electron chi connectivity index (χ1n) is 6.28. The van der Waals surface area contributed by atoms with Crippen LogP contribution in [0.1, 0.15) is 11.1 Å². The lowest BCUT2D eigenvalue weighted by Gasteiger charge is -2.08. The molecule has 7 heteroatoms. The Balaban J connectivity index is 2.26. The minimum absolute atomic E-state index is 0.417. The number of thioether (sulfide) groups is 1. The van der Waals surface area contributed by atoms with Gasteiger partial charge in [-0.15, -0.1) is 0 Å². The summed E-state index contributed by atoms with van der Waals surface area (Å²) in [5.41, 5.74) is 7.97. The highest BCUT2D eigenvalue weighted by Crippen LogP contribution is 2.13. The number of benzene rings is 1. The second kappa shape index (κ2) is 9.22. The van der Waals surface area contributed by atoms with Gasteiger partial charge >= 0.3 is 0 Å². The number of hydrogen-bond acceptors (Lipinski definition) is 6. The molecule has 0 amide bonds. The molecule has 0 unspecified atom stereocenters. The minimum Gasteiger partial charge on any atom is -0.370 e. The quantitative estimate of drug-likeness (QED) is 0.361. The van der Waals surface area contributed by atoms with Crippen molar-refractivity contribution in [2.45, 2.75) is 12.3 Å². The van der Waals surface area contributed by atoms with Crippen LogP contribution in [-0.4, -0.2) is 24.3 Å². The number of nitrogens with one attached hydrogen (secondary N) is 2. The van der Waals surface area contributed by atoms with Gasteiger partial charge in [0.05, 0.1) is 4.92 Å². The normalized spacial score (nSPS) is 11.2. The maximum Gasteiger partial charge on any atom is 0.274 e. The molecular weight excluding hydrogens is 276 g/mol. The van der Waals surface area contributed by atoms with Gasteiger partial charge in [-0.05, 0) is 11.1 Å². The third-order valence-electron chi connectivity index (χ3n) is 2.56. The van der Waals surface area contributed by atoms with Gasteiger partial charge in [-0.1, -0.05) is 24.3 Å². The Morgan fingerprint density at radius 1 is 1.50 bits per heavy atom. The Bertz CT molecular complexity index is 465. The SMILES string of the molecule is CNC(=C[N+](=O)[O-])NCCSCc1cccc(CN)c1. The van der Waals surface area contributed by atoms with E-state index in [0.717, 1.165) is 23.3 Å². The molecule has 110 valence electrons. The van der Waals surface area contributed by atoms with E-state index in [4.69, 9.17) is 5.73 Å². The van der Waals surface area contributed by atoms with Crippen molar-refractivity contribution in [2.24, 2.45) is 5.73 Å². The van der Waals surface area contributed by atoms with Crippen LogP contribution in [0.2, 0.25) is 0 Å². The van der Waals surface area contributed by atoms with Crippen molar-refractivity contribution in [3.05, 3.63) is 57.5 Å². The molecule has 0 bridgehead atoms. The van der Waals surface area contributed by atoms with Crippen molar-refractivity contribution in [1.82, 2.24) is 10.6 Å². The molecule has 0 saturated carbocycles. The summed E-state index contributed by atoms with van der Waals surface area (Å²) in [5, 5.41) is 16.1. The summed E-state index contributed by atoms with van der Waals surface area (Å²) in [6.45, 7) is 1.22. The zero-order valence-corrected chi connectivity index (χ0v) is 12.3. The van der Waals surface area contributed by atoms with Gasteiger partial charge in [-0.3, -0.25) is 10.1 Å². The van der Waals surface area contributed by atoms with Gasteiger partial charge < -0.3 is 16.4 Å². The summed E-state index contributed by atoms with van der Waals surface area (Å²) in [6.07, 6.45) is 0.926. The molecule has 0 saturated heterocycles. The Morgan fingerprint density at radius 3 is 2.90 bits per heavy atom. The van der Waals surface area contributed by atoms with E-state index in [1.54, 1.807) is 18.8 Å². The summed E-state index contributed by atoms with van der Waals surface area (Å²) in [5.74, 6) is 2.19. The van der Waals surface area contributed by atoms with Gasteiger partial charge in [0.25, 0.3) is 6.20 Å². The van der Waals surface area contributed by atoms with Crippen molar-refractivity contribution in [1.29, 1.82) is 0 Å². The van der Waals surface area contributed by atoms with Crippen LogP contribution in [0.15, 0.2) is 36.3 Å². The molecule has 0 aliphatic heterocycles. The third-order valence-corrected chi connectivity index (χ3v) is 3.59. The largest absolute Gasteiger partial charge is 0.370 e. The average molecular weight is 296 g/mol. The van der Waals surface area contributed by atoms with Crippen molar-refractivity contribution in [3.8, 4) is 0 Å². The van der Waals surface area contributed by atoms with Crippen LogP contribution in [0.25, 0.3) is 0 Å². The summed E-state index contributed by atoms with van der Waals surface area (Å²) >= 11 is 1.77. The molecule has 1 aromatic rings. The first-order chi connectivity index (χ1) is 9.65. The molecule has 0 spiro atoms. The predicted molar refractivity (Wildman–Crippen MR) is 82.6 cm³/mol. The maximum atomic E-state index is 10.3. The lowest BCUT2D eigenvalue weighted by atomic mass is 10.1. The fraction of sp³-hybridized carbons (Fsp3) is 0.385. The van der Waals surface area contributed by atoms with Crippen molar-refractivity contribution >= 4 is 11.8 Å². The van der Waals surface area contributed by atoms with Crippen LogP contribution in [0.3, 0.4) is 0 Å². The molecule has 0 atom stereocenters. The average Bonchev–Trinajstić information content (AvgIpc) is 2.45. The molecule has 4 N–H and O–H groups in total. The molecule has 0 fully saturated rings. The zero-order valence-electron chi connectivity index (χ0n) is 11.5. The van der Waals surface area contributed by atoms with Crippen LogP contribution in [0.5, 0.6) is 0 Å². The number of hydrogen-bond donors (Lipinski definition) is 3. The molecule has 0 aromatic heterocycles. The van der Waals surface area contributed by atoms with Gasteiger partial charge in [0.2, 0.25) is 0 Å². The van der Waals surface area contributed by atoms with E-state index < -0.39 is 4.92 Å². The van der Waals surface area contributed by atoms with E-state index in [9.17, 15) is 10.1 Å². The molecule has 20 heavy (non-hydrogen) atoms. The number of rotatable bonds is 9. The molecule has 6 nitrogen and oxygen atoms in total. The molecule has 0 heterocycles. The van der Waals surface area contributed by atoms with Crippen molar-refractivity contribution < 1.29 is 4.92 Å². The van der Waals surface area contributed by atoms with E-state index >= 15 is 0 Å². The van der Waals surface area contributed by atoms with E-state index in [1.165, 1.54) is 5.56 Å². The number of nitrogens with two attached hydrogens (primary N) is 1. The molecule has 1 aromatic carbocycles. The standard InChI is InChI=1S/C13H20N4O2S/c1-15-13(9-17(18)19)16-5-6-20-10-12-4-2-3-11(7-12)8-14/h2-4,7,9,15-16H,5-6,8,10,14H2,1H3. The second-order valence-corrected chi connectivity index (χ2v) is 5.19. The Kier molecular flexibility index (Phi) is 7.52. The van der Waals surface area contributed by atoms with E-state index in [-0.39, 0.29) is 0 Å². The highest BCUT2D eigenvalue weighted by Gasteiger charge is 2.00. The summed E-state index contributed by atoms with van der Waals surface area (Å²) in [4.78, 5) is 9.85. The Hall–Kier alpha value is -1.73. The summed E-state index contributed by atoms with van der Waals surface area (Å²) in [6, 6.07) is 8.20. The zero-order chi connectivity index (χ0) is 14.8. The smallest absolute Gasteiger partial charge is 0.274 e. The fourth-order valence-corrected chi connectivity index (χ4v) is 2.40. The second-order valence-electron chi connectivity index (χ2n) is 4.08. The van der Waals surface area contributed by atoms with E-state index in [1.807, 2.05) is 12.1 Å². The van der Waals surface area contributed by atoms with Crippen LogP contribution >= 0.6 is 11.8 Å². The van der Waals surface area contributed by atoms with Crippen LogP contribution < -0.4 is 16.4 Å². The van der Waals surface area contributed by atoms with E-state index in [2.05, 4.69) is 22.8 Å². The highest BCUT2D eigenvalue weighted by molar-refractivity contribution is 7.98. The molecule has 0 aliphatic rings. The fourth-order valence-electron chi connectivity index (χ4n) is 1.60. The van der Waals surface area contributed by atoms with E-state index in [0.29, 0.717) is 18.9 Å². The van der Waals surface area contributed by atoms with Gasteiger partial charge in [-0.2, -0.15) is 11.8 Å². The first-order valence-corrected chi connectivity index (χ1v) is 7.43. The lowest BCUT2D eigenvalue weighted by Crippen LogP contribution is -2.26. The predicted octanol–water partition coefficient (Wildman–Crippen LogP) is 1.26. The summed E-state index contributed by atoms with van der Waals surface area (Å²) in [7, 11) is 1.65. The minimum atomic E-state index is -0.482. The van der Waals surface area contributed by atoms with Crippen LogP contribution in [0.4, 0.5) is 0 Å². The molecule has 0 aliphatic carbocycles. The third kappa shape index (κ3) is 6.44. The molecule has 0 radical (unpaired) electrons. The van der Waals surface area contributed by atoms with Gasteiger partial charge in [0.1, 0.15) is 0 Å². The van der Waals surface area contributed by atoms with Gasteiger partial charge in [0, 0.05) is 31.6 Å². The number of nitro groups is 1. The highest BCUT2D eigenvalue weighted by atomic mass is 32.2. The molecule has 1 rings (SSSR count). The Labute approximate surface area is 123 Å². The Morgan fingerprint density at radius 2 is 2.25 bits per heavy atom. The van der Waals surface area contributed by atoms with Gasteiger partial charge in [-0.25, -0.2) is 0 Å². The molecular formula is C13H20N4O2S. The maximum absolute atomic E-state index is 10.3. The van der Waals surface area contributed by atoms with Crippen molar-refractivity contribution in [2.75, 3.05) is 19.3 Å². The summed E-state index contributed by atoms with van der Waals surface area (Å²) < 4.78 is 0. The van der Waals surface area contributed by atoms with Crippen molar-refractivity contribution in [3.63, 3.8) is 0 Å².